The molecule has 0 bridgehead atoms. The third-order valence-electron chi connectivity index (χ3n) is 13.9. The molecule has 76 heavy (non-hydrogen) atoms. The van der Waals surface area contributed by atoms with E-state index in [1.807, 2.05) is 0 Å². The van der Waals surface area contributed by atoms with Gasteiger partial charge < -0.3 is 150 Å². The van der Waals surface area contributed by atoms with E-state index in [2.05, 4.69) is 16.0 Å². The summed E-state index contributed by atoms with van der Waals surface area (Å²) < 4.78 is 64.4. The van der Waals surface area contributed by atoms with E-state index in [1.165, 1.54) is 13.8 Å². The molecule has 33 nitrogen and oxygen atoms in total. The van der Waals surface area contributed by atoms with Gasteiger partial charge in [-0.1, -0.05) is 0 Å². The Morgan fingerprint density at radius 2 is 0.724 bits per heavy atom. The zero-order chi connectivity index (χ0) is 56.2. The van der Waals surface area contributed by atoms with Crippen LogP contribution in [0.1, 0.15) is 27.7 Å². The van der Waals surface area contributed by atoms with Crippen molar-refractivity contribution in [1.29, 1.82) is 0 Å². The molecule has 6 saturated heterocycles. The lowest BCUT2D eigenvalue weighted by Gasteiger charge is -2.50. The van der Waals surface area contributed by atoms with E-state index in [1.54, 1.807) is 0 Å². The van der Waals surface area contributed by atoms with Crippen LogP contribution in [-0.2, 0) is 66.5 Å². The lowest BCUT2D eigenvalue weighted by molar-refractivity contribution is -0.386. The van der Waals surface area contributed by atoms with Crippen LogP contribution < -0.4 is 16.0 Å². The molecule has 0 spiro atoms. The number of amides is 3. The zero-order valence-corrected chi connectivity index (χ0v) is 41.4. The minimum atomic E-state index is -2.26. The van der Waals surface area contributed by atoms with Crippen LogP contribution in [0.4, 0.5) is 0 Å². The summed E-state index contributed by atoms with van der Waals surface area (Å²) in [4.78, 5) is 36.8. The molecule has 440 valence electrons. The maximum Gasteiger partial charge on any atom is 0.217 e. The lowest BCUT2D eigenvalue weighted by atomic mass is 9.92. The second kappa shape index (κ2) is 27.2. The summed E-state index contributed by atoms with van der Waals surface area (Å²) in [6, 6.07) is -4.41. The Morgan fingerprint density at radius 1 is 0.355 bits per heavy atom. The van der Waals surface area contributed by atoms with Crippen molar-refractivity contribution in [2.24, 2.45) is 0 Å². The Bertz CT molecular complexity index is 1870. The topological polar surface area (TPSA) is 513 Å². The van der Waals surface area contributed by atoms with Crippen LogP contribution in [0.3, 0.4) is 0 Å². The highest BCUT2D eigenvalue weighted by atomic mass is 16.8. The first-order chi connectivity index (χ1) is 35.9. The summed E-state index contributed by atoms with van der Waals surface area (Å²) in [5.74, 6) is -2.12. The number of nitrogens with one attached hydrogen (secondary N) is 3. The standard InChI is InChI=1S/C43H73N3O30/c1-11-21(44-12(2)52)29(60)35(18(8-50)67-11)73-40-23(46-14(4)54)30(61)36(19(9-51)71-40)74-42-34(65)37(75-41-33(64)31(62)25(56)16(6-48)69-41)27(58)20(72-42)10-66-43-38(32(63)26(57)17(7-49)70-43)76-39-22(45-13(3)53)28(59)24(55)15(5-47)68-39/h11,15-43,47-51,55-65H,5-10H2,1-4H3,(H,44,52)(H,45,53)(H,46,54)/t11-,15-,16+,17?,18?,19?,20?,21?,22?,23-,24+,25+,26+,27+,28?,29+,30?,31?,32?,33?,34+,35+,36+,37?,38+,39-,40-,41+,42-,43-/m0/s1. The fourth-order valence-electron chi connectivity index (χ4n) is 9.86. The molecular weight excluding hydrogens is 1040 g/mol. The highest BCUT2D eigenvalue weighted by Gasteiger charge is 2.57. The van der Waals surface area contributed by atoms with Crippen molar-refractivity contribution in [2.75, 3.05) is 39.6 Å². The molecule has 30 atom stereocenters. The highest BCUT2D eigenvalue weighted by Crippen LogP contribution is 2.36. The van der Waals surface area contributed by atoms with Crippen molar-refractivity contribution in [3.63, 3.8) is 0 Å². The normalized spacial score (nSPS) is 48.2. The largest absolute Gasteiger partial charge is 0.394 e. The summed E-state index contributed by atoms with van der Waals surface area (Å²) in [6.07, 6.45) is -49.5. The van der Waals surface area contributed by atoms with Crippen molar-refractivity contribution < 1.29 is 148 Å². The van der Waals surface area contributed by atoms with E-state index < -0.39 is 241 Å². The van der Waals surface area contributed by atoms with E-state index in [0.29, 0.717) is 0 Å². The van der Waals surface area contributed by atoms with Gasteiger partial charge in [-0.3, -0.25) is 14.4 Å². The number of aliphatic hydroxyl groups is 16. The molecule has 33 heteroatoms. The first-order valence-electron chi connectivity index (χ1n) is 24.4. The molecule has 6 fully saturated rings. The molecule has 12 unspecified atom stereocenters. The number of hydrogen-bond donors (Lipinski definition) is 19. The van der Waals surface area contributed by atoms with Crippen molar-refractivity contribution in [2.45, 2.75) is 212 Å². The number of hydrogen-bond acceptors (Lipinski definition) is 30. The van der Waals surface area contributed by atoms with E-state index in [0.717, 1.165) is 13.8 Å². The van der Waals surface area contributed by atoms with Crippen LogP contribution in [-0.4, -0.2) is 323 Å². The monoisotopic (exact) mass is 1110 g/mol. The van der Waals surface area contributed by atoms with E-state index in [-0.39, 0.29) is 0 Å². The summed E-state index contributed by atoms with van der Waals surface area (Å²) in [5.41, 5.74) is 0. The van der Waals surface area contributed by atoms with Gasteiger partial charge >= 0.3 is 0 Å². The number of rotatable bonds is 19. The quantitative estimate of drug-likeness (QED) is 0.0571. The molecule has 0 radical (unpaired) electrons. The third-order valence-corrected chi connectivity index (χ3v) is 13.9. The second-order valence-electron chi connectivity index (χ2n) is 19.3. The lowest BCUT2D eigenvalue weighted by Crippen LogP contribution is -2.70. The molecule has 6 aliphatic rings. The Labute approximate surface area is 432 Å². The van der Waals surface area contributed by atoms with Crippen LogP contribution in [0, 0.1) is 0 Å². The Morgan fingerprint density at radius 3 is 1.25 bits per heavy atom. The molecule has 6 heterocycles. The molecule has 6 aliphatic heterocycles. The fourth-order valence-corrected chi connectivity index (χ4v) is 9.86. The van der Waals surface area contributed by atoms with E-state index in [9.17, 15) is 96.1 Å². The minimum absolute atomic E-state index is 0.561. The van der Waals surface area contributed by atoms with Crippen molar-refractivity contribution in [3.05, 3.63) is 0 Å². The van der Waals surface area contributed by atoms with Gasteiger partial charge in [-0.25, -0.2) is 0 Å². The SMILES string of the molecule is CC(=O)NC1C(O)[C@H](O)[C@H](CO)O[C@H]1O[C@@H]1C(O)[C@H](O)C(CO)O[C@@H]1OCC1O[C@@H](O[C@@H]2C(CO)O[C@@H](O[C@@H]3C(CO)O[C@@H](C)C(NC(C)=O)[C@H]3O)[C@@H](NC(C)=O)C2O)[C@H](O)C(O[C@H]2O[C@H](CO)[C@@H](O)C(O)C2O)[C@@H]1O. The smallest absolute Gasteiger partial charge is 0.217 e. The Kier molecular flexibility index (Phi) is 22.4. The van der Waals surface area contributed by atoms with Crippen molar-refractivity contribution in [1.82, 2.24) is 16.0 Å². The molecule has 6 rings (SSSR count). The summed E-state index contributed by atoms with van der Waals surface area (Å²) in [5, 5.41) is 181. The van der Waals surface area contributed by atoms with Crippen LogP contribution in [0.5, 0.6) is 0 Å². The van der Waals surface area contributed by atoms with Gasteiger partial charge in [-0.2, -0.15) is 0 Å². The van der Waals surface area contributed by atoms with Crippen LogP contribution in [0.25, 0.3) is 0 Å². The molecule has 0 aliphatic carbocycles. The molecule has 0 aromatic heterocycles. The fraction of sp³-hybridized carbons (Fsp3) is 0.930. The van der Waals surface area contributed by atoms with Gasteiger partial charge in [0.2, 0.25) is 17.7 Å². The second-order valence-corrected chi connectivity index (χ2v) is 19.3. The van der Waals surface area contributed by atoms with Gasteiger partial charge in [0.15, 0.2) is 31.5 Å². The third kappa shape index (κ3) is 13.7. The van der Waals surface area contributed by atoms with Gasteiger partial charge in [0, 0.05) is 20.8 Å². The Balaban J connectivity index is 1.30. The van der Waals surface area contributed by atoms with Crippen LogP contribution in [0.2, 0.25) is 0 Å². The average molecular weight is 1110 g/mol. The summed E-state index contributed by atoms with van der Waals surface area (Å²) in [7, 11) is 0. The van der Waals surface area contributed by atoms with Gasteiger partial charge in [-0.15, -0.1) is 0 Å². The van der Waals surface area contributed by atoms with E-state index in [4.69, 9.17) is 52.1 Å². The molecule has 0 aromatic rings. The van der Waals surface area contributed by atoms with Gasteiger partial charge in [0.25, 0.3) is 0 Å². The number of ether oxygens (including phenoxy) is 11. The predicted molar refractivity (Wildman–Crippen MR) is 237 cm³/mol. The van der Waals surface area contributed by atoms with Crippen LogP contribution in [0.15, 0.2) is 0 Å². The zero-order valence-electron chi connectivity index (χ0n) is 41.4. The number of aliphatic hydroxyl groups excluding tert-OH is 16. The van der Waals surface area contributed by atoms with E-state index >= 15 is 0 Å². The minimum Gasteiger partial charge on any atom is -0.394 e. The Hall–Kier alpha value is -2.67. The first kappa shape index (κ1) is 62.5. The van der Waals surface area contributed by atoms with Gasteiger partial charge in [0.1, 0.15) is 140 Å². The molecule has 0 saturated carbocycles. The van der Waals surface area contributed by atoms with Crippen LogP contribution >= 0.6 is 0 Å². The maximum absolute atomic E-state index is 12.6. The average Bonchev–Trinajstić information content (AvgIpc) is 3.37. The van der Waals surface area contributed by atoms with Crippen molar-refractivity contribution in [3.8, 4) is 0 Å². The number of carbonyl (C=O) groups is 3. The molecular formula is C43H73N3O30. The maximum atomic E-state index is 12.6. The molecule has 3 amide bonds. The van der Waals surface area contributed by atoms with Gasteiger partial charge in [0.05, 0.1) is 51.8 Å². The summed E-state index contributed by atoms with van der Waals surface area (Å²) >= 11 is 0. The first-order valence-corrected chi connectivity index (χ1v) is 24.4. The molecule has 19 N–H and O–H groups in total. The predicted octanol–water partition coefficient (Wildman–Crippen LogP) is -12.6. The summed E-state index contributed by atoms with van der Waals surface area (Å²) in [6.45, 7) is -0.745. The highest BCUT2D eigenvalue weighted by molar-refractivity contribution is 5.74. The molecule has 0 aromatic carbocycles. The van der Waals surface area contributed by atoms with Crippen molar-refractivity contribution >= 4 is 17.7 Å². The van der Waals surface area contributed by atoms with Gasteiger partial charge in [-0.05, 0) is 6.92 Å². The number of carbonyl (C=O) groups excluding carboxylic acids is 3.